The Morgan fingerprint density at radius 2 is 1.89 bits per heavy atom. The van der Waals surface area contributed by atoms with Crippen LogP contribution in [0.5, 0.6) is 0 Å². The molecule has 2 nitrogen and oxygen atoms in total. The second-order valence-corrected chi connectivity index (χ2v) is 5.46. The molecular formula is C17H29NO. The molecule has 1 rings (SSSR count). The molecule has 0 saturated heterocycles. The molecule has 0 bridgehead atoms. The predicted molar refractivity (Wildman–Crippen MR) is 82.4 cm³/mol. The molecule has 0 aliphatic carbocycles. The maximum atomic E-state index is 5.80. The summed E-state index contributed by atoms with van der Waals surface area (Å²) in [6, 6.07) is 8.61. The molecule has 0 unspecified atom stereocenters. The summed E-state index contributed by atoms with van der Waals surface area (Å²) in [6.45, 7) is 10.4. The van der Waals surface area contributed by atoms with Crippen molar-refractivity contribution in [1.82, 2.24) is 5.32 Å². The van der Waals surface area contributed by atoms with E-state index < -0.39 is 0 Å². The highest BCUT2D eigenvalue weighted by Gasteiger charge is 2.02. The van der Waals surface area contributed by atoms with Crippen molar-refractivity contribution in [2.75, 3.05) is 19.7 Å². The van der Waals surface area contributed by atoms with Gasteiger partial charge in [-0.3, -0.25) is 0 Å². The molecule has 0 spiro atoms. The van der Waals surface area contributed by atoms with E-state index in [4.69, 9.17) is 4.74 Å². The van der Waals surface area contributed by atoms with Crippen LogP contribution in [0.2, 0.25) is 0 Å². The Balaban J connectivity index is 2.31. The number of hydrogen-bond acceptors (Lipinski definition) is 2. The highest BCUT2D eigenvalue weighted by Crippen LogP contribution is 2.11. The van der Waals surface area contributed by atoms with Crippen LogP contribution in [-0.4, -0.2) is 19.7 Å². The number of likely N-dealkylation sites (N-methyl/N-ethyl adjacent to an activating group) is 1. The van der Waals surface area contributed by atoms with Gasteiger partial charge in [-0.15, -0.1) is 0 Å². The van der Waals surface area contributed by atoms with Gasteiger partial charge in [-0.05, 0) is 49.4 Å². The fourth-order valence-corrected chi connectivity index (χ4v) is 2.12. The minimum absolute atomic E-state index is 0.750. The summed E-state index contributed by atoms with van der Waals surface area (Å²) in [5.74, 6) is 0.774. The monoisotopic (exact) mass is 263 g/mol. The molecule has 0 fully saturated rings. The molecule has 1 aromatic carbocycles. The molecule has 1 aromatic rings. The topological polar surface area (TPSA) is 21.3 Å². The van der Waals surface area contributed by atoms with Gasteiger partial charge in [0, 0.05) is 6.61 Å². The Kier molecular flexibility index (Phi) is 8.52. The second-order valence-electron chi connectivity index (χ2n) is 5.46. The van der Waals surface area contributed by atoms with E-state index in [-0.39, 0.29) is 0 Å². The van der Waals surface area contributed by atoms with Crippen LogP contribution in [0, 0.1) is 5.92 Å². The third-order valence-electron chi connectivity index (χ3n) is 3.27. The van der Waals surface area contributed by atoms with E-state index in [1.54, 1.807) is 0 Å². The summed E-state index contributed by atoms with van der Waals surface area (Å²) >= 11 is 0. The van der Waals surface area contributed by atoms with E-state index in [2.05, 4.69) is 50.4 Å². The van der Waals surface area contributed by atoms with Gasteiger partial charge in [-0.25, -0.2) is 0 Å². The Hall–Kier alpha value is -0.860. The minimum atomic E-state index is 0.750. The van der Waals surface area contributed by atoms with Crippen LogP contribution < -0.4 is 5.32 Å². The summed E-state index contributed by atoms with van der Waals surface area (Å²) in [5.41, 5.74) is 2.75. The standard InChI is InChI=1S/C17H29NO/c1-4-18-12-11-16-9-5-6-10-17(16)14-19-13-7-8-15(2)3/h5-6,9-10,15,18H,4,7-8,11-14H2,1-3H3. The van der Waals surface area contributed by atoms with E-state index in [1.165, 1.54) is 17.5 Å². The van der Waals surface area contributed by atoms with Gasteiger partial charge in [-0.1, -0.05) is 45.0 Å². The van der Waals surface area contributed by atoms with E-state index in [0.717, 1.165) is 45.1 Å². The maximum absolute atomic E-state index is 5.80. The van der Waals surface area contributed by atoms with Crippen molar-refractivity contribution in [3.05, 3.63) is 35.4 Å². The zero-order valence-corrected chi connectivity index (χ0v) is 12.7. The molecule has 108 valence electrons. The van der Waals surface area contributed by atoms with Gasteiger partial charge in [0.15, 0.2) is 0 Å². The van der Waals surface area contributed by atoms with E-state index >= 15 is 0 Å². The summed E-state index contributed by atoms with van der Waals surface area (Å²) in [6.07, 6.45) is 3.50. The first-order chi connectivity index (χ1) is 9.24. The van der Waals surface area contributed by atoms with Gasteiger partial charge >= 0.3 is 0 Å². The molecule has 19 heavy (non-hydrogen) atoms. The zero-order valence-electron chi connectivity index (χ0n) is 12.7. The average molecular weight is 263 g/mol. The molecule has 2 heteroatoms. The SMILES string of the molecule is CCNCCc1ccccc1COCCCC(C)C. The molecule has 0 amide bonds. The van der Waals surface area contributed by atoms with Gasteiger partial charge in [0.2, 0.25) is 0 Å². The largest absolute Gasteiger partial charge is 0.377 e. The van der Waals surface area contributed by atoms with Crippen molar-refractivity contribution in [3.63, 3.8) is 0 Å². The van der Waals surface area contributed by atoms with Crippen LogP contribution in [-0.2, 0) is 17.8 Å². The lowest BCUT2D eigenvalue weighted by Gasteiger charge is -2.11. The lowest BCUT2D eigenvalue weighted by molar-refractivity contribution is 0.114. The van der Waals surface area contributed by atoms with E-state index in [1.807, 2.05) is 0 Å². The fraction of sp³-hybridized carbons (Fsp3) is 0.647. The van der Waals surface area contributed by atoms with Crippen molar-refractivity contribution in [1.29, 1.82) is 0 Å². The number of hydrogen-bond donors (Lipinski definition) is 1. The fourth-order valence-electron chi connectivity index (χ4n) is 2.12. The minimum Gasteiger partial charge on any atom is -0.377 e. The number of ether oxygens (including phenoxy) is 1. The number of nitrogens with one attached hydrogen (secondary N) is 1. The third kappa shape index (κ3) is 7.34. The molecule has 0 aromatic heterocycles. The molecule has 0 aliphatic heterocycles. The molecule has 0 saturated carbocycles. The Morgan fingerprint density at radius 3 is 2.58 bits per heavy atom. The first-order valence-corrected chi connectivity index (χ1v) is 7.59. The van der Waals surface area contributed by atoms with Crippen molar-refractivity contribution in [2.45, 2.75) is 46.6 Å². The summed E-state index contributed by atoms with van der Waals surface area (Å²) < 4.78 is 5.80. The van der Waals surface area contributed by atoms with Crippen LogP contribution in [0.1, 0.15) is 44.7 Å². The van der Waals surface area contributed by atoms with Crippen molar-refractivity contribution >= 4 is 0 Å². The van der Waals surface area contributed by atoms with Crippen molar-refractivity contribution < 1.29 is 4.74 Å². The highest BCUT2D eigenvalue weighted by molar-refractivity contribution is 5.26. The first kappa shape index (κ1) is 16.2. The molecule has 1 N–H and O–H groups in total. The zero-order chi connectivity index (χ0) is 13.9. The third-order valence-corrected chi connectivity index (χ3v) is 3.27. The van der Waals surface area contributed by atoms with Gasteiger partial charge in [0.1, 0.15) is 0 Å². The van der Waals surface area contributed by atoms with E-state index in [0.29, 0.717) is 0 Å². The van der Waals surface area contributed by atoms with Gasteiger partial charge < -0.3 is 10.1 Å². The smallest absolute Gasteiger partial charge is 0.0719 e. The Morgan fingerprint density at radius 1 is 1.16 bits per heavy atom. The normalized spacial score (nSPS) is 11.2. The summed E-state index contributed by atoms with van der Waals surface area (Å²) in [7, 11) is 0. The maximum Gasteiger partial charge on any atom is 0.0719 e. The van der Waals surface area contributed by atoms with Gasteiger partial charge in [0.05, 0.1) is 6.61 Å². The van der Waals surface area contributed by atoms with Crippen molar-refractivity contribution in [3.8, 4) is 0 Å². The lowest BCUT2D eigenvalue weighted by atomic mass is 10.1. The molecule has 0 radical (unpaired) electrons. The number of rotatable bonds is 10. The van der Waals surface area contributed by atoms with Gasteiger partial charge in [0.25, 0.3) is 0 Å². The summed E-state index contributed by atoms with van der Waals surface area (Å²) in [4.78, 5) is 0. The van der Waals surface area contributed by atoms with E-state index in [9.17, 15) is 0 Å². The Labute approximate surface area is 118 Å². The van der Waals surface area contributed by atoms with Gasteiger partial charge in [-0.2, -0.15) is 0 Å². The predicted octanol–water partition coefficient (Wildman–Crippen LogP) is 3.79. The van der Waals surface area contributed by atoms with Crippen LogP contribution in [0.15, 0.2) is 24.3 Å². The van der Waals surface area contributed by atoms with Crippen molar-refractivity contribution in [2.24, 2.45) is 5.92 Å². The molecule has 0 aliphatic rings. The second kappa shape index (κ2) is 9.99. The van der Waals surface area contributed by atoms with Crippen LogP contribution in [0.4, 0.5) is 0 Å². The van der Waals surface area contributed by atoms with Crippen LogP contribution in [0.25, 0.3) is 0 Å². The molecule has 0 atom stereocenters. The number of benzene rings is 1. The lowest BCUT2D eigenvalue weighted by Crippen LogP contribution is -2.16. The quantitative estimate of drug-likeness (QED) is 0.648. The van der Waals surface area contributed by atoms with Crippen LogP contribution >= 0.6 is 0 Å². The Bertz CT molecular complexity index is 336. The first-order valence-electron chi connectivity index (χ1n) is 7.59. The molecular weight excluding hydrogens is 234 g/mol. The van der Waals surface area contributed by atoms with Crippen LogP contribution in [0.3, 0.4) is 0 Å². The average Bonchev–Trinajstić information content (AvgIpc) is 2.40. The highest BCUT2D eigenvalue weighted by atomic mass is 16.5. The molecule has 0 heterocycles. The summed E-state index contributed by atoms with van der Waals surface area (Å²) in [5, 5.41) is 3.37.